The van der Waals surface area contributed by atoms with E-state index in [1.165, 1.54) is 4.88 Å². The fourth-order valence-corrected chi connectivity index (χ4v) is 3.64. The molecule has 1 aromatic rings. The number of hydrogen-bond acceptors (Lipinski definition) is 3. The maximum atomic E-state index is 12.3. The van der Waals surface area contributed by atoms with Gasteiger partial charge in [-0.25, -0.2) is 0 Å². The first-order valence-electron chi connectivity index (χ1n) is 5.72. The Balaban J connectivity index is 1.96. The minimum absolute atomic E-state index is 0.113. The summed E-state index contributed by atoms with van der Waals surface area (Å²) in [5, 5.41) is 3.12. The number of hydrogen-bond donors (Lipinski definition) is 1. The summed E-state index contributed by atoms with van der Waals surface area (Å²) in [6.07, 6.45) is 2.04. The number of carbonyl (C=O) groups is 1. The van der Waals surface area contributed by atoms with Crippen molar-refractivity contribution in [1.82, 2.24) is 10.2 Å². The summed E-state index contributed by atoms with van der Waals surface area (Å²) in [6, 6.07) is 4.09. The van der Waals surface area contributed by atoms with Gasteiger partial charge in [0, 0.05) is 18.5 Å². The van der Waals surface area contributed by atoms with E-state index in [1.807, 2.05) is 25.1 Å². The van der Waals surface area contributed by atoms with Gasteiger partial charge < -0.3 is 10.2 Å². The molecule has 0 spiro atoms. The molecule has 3 nitrogen and oxygen atoms in total. The summed E-state index contributed by atoms with van der Waals surface area (Å²) >= 11 is 5.13. The normalized spacial score (nSPS) is 16.9. The van der Waals surface area contributed by atoms with E-state index >= 15 is 0 Å². The lowest BCUT2D eigenvalue weighted by molar-refractivity contribution is -0.136. The molecular formula is C12H17BrN2OS. The third kappa shape index (κ3) is 2.89. The zero-order valence-corrected chi connectivity index (χ0v) is 12.5. The van der Waals surface area contributed by atoms with E-state index in [2.05, 4.69) is 27.3 Å². The minimum atomic E-state index is -0.113. The van der Waals surface area contributed by atoms with Crippen LogP contribution in [0.1, 0.15) is 17.7 Å². The summed E-state index contributed by atoms with van der Waals surface area (Å²) in [5.74, 6) is 0.274. The van der Waals surface area contributed by atoms with E-state index in [0.29, 0.717) is 6.54 Å². The topological polar surface area (TPSA) is 32.3 Å². The molecule has 0 bridgehead atoms. The number of carbonyl (C=O) groups excluding carboxylic acids is 1. The molecule has 17 heavy (non-hydrogen) atoms. The fourth-order valence-electron chi connectivity index (χ4n) is 2.10. The smallest absolute Gasteiger partial charge is 0.230 e. The zero-order valence-electron chi connectivity index (χ0n) is 10.1. The molecule has 0 aromatic carbocycles. The Kier molecular flexibility index (Phi) is 3.90. The Bertz CT molecular complexity index is 414. The minimum Gasteiger partial charge on any atom is -0.340 e. The molecule has 0 radical (unpaired) electrons. The largest absolute Gasteiger partial charge is 0.340 e. The number of thiophene rings is 1. The number of halogens is 1. The van der Waals surface area contributed by atoms with Gasteiger partial charge in [-0.15, -0.1) is 11.3 Å². The van der Waals surface area contributed by atoms with Crippen LogP contribution in [0.3, 0.4) is 0 Å². The summed E-state index contributed by atoms with van der Waals surface area (Å²) in [4.78, 5) is 15.4. The highest BCUT2D eigenvalue weighted by atomic mass is 79.9. The van der Waals surface area contributed by atoms with Gasteiger partial charge in [0.1, 0.15) is 0 Å². The number of nitrogens with one attached hydrogen (secondary N) is 1. The van der Waals surface area contributed by atoms with Crippen molar-refractivity contribution in [2.75, 3.05) is 20.6 Å². The first-order valence-corrected chi connectivity index (χ1v) is 7.33. The SMILES string of the molecule is CNCC1(C(=O)N(C)Cc2ccc(Br)s2)CC1. The van der Waals surface area contributed by atoms with Crippen LogP contribution in [-0.4, -0.2) is 31.4 Å². The Hall–Kier alpha value is -0.390. The molecule has 0 unspecified atom stereocenters. The lowest BCUT2D eigenvalue weighted by Crippen LogP contribution is -2.38. The Morgan fingerprint density at radius 3 is 2.76 bits per heavy atom. The first kappa shape index (κ1) is 13.1. The molecule has 1 N–H and O–H groups in total. The van der Waals surface area contributed by atoms with Crippen LogP contribution in [0.15, 0.2) is 15.9 Å². The van der Waals surface area contributed by atoms with E-state index in [4.69, 9.17) is 0 Å². The van der Waals surface area contributed by atoms with E-state index < -0.39 is 0 Å². The van der Waals surface area contributed by atoms with Crippen LogP contribution in [0.2, 0.25) is 0 Å². The highest BCUT2D eigenvalue weighted by Crippen LogP contribution is 2.46. The molecule has 0 atom stereocenters. The van der Waals surface area contributed by atoms with Gasteiger partial charge in [0.15, 0.2) is 0 Å². The quantitative estimate of drug-likeness (QED) is 0.905. The molecule has 0 saturated heterocycles. The molecule has 1 aliphatic rings. The number of rotatable bonds is 5. The van der Waals surface area contributed by atoms with Crippen LogP contribution in [0.25, 0.3) is 0 Å². The third-order valence-electron chi connectivity index (χ3n) is 3.19. The fraction of sp³-hybridized carbons (Fsp3) is 0.583. The van der Waals surface area contributed by atoms with Crippen LogP contribution < -0.4 is 5.32 Å². The maximum Gasteiger partial charge on any atom is 0.230 e. The lowest BCUT2D eigenvalue weighted by atomic mass is 10.1. The highest BCUT2D eigenvalue weighted by Gasteiger charge is 2.50. The van der Waals surface area contributed by atoms with E-state index in [-0.39, 0.29) is 11.3 Å². The average Bonchev–Trinajstić information content (AvgIpc) is 2.96. The van der Waals surface area contributed by atoms with Crippen molar-refractivity contribution < 1.29 is 4.79 Å². The monoisotopic (exact) mass is 316 g/mol. The molecule has 94 valence electrons. The van der Waals surface area contributed by atoms with Gasteiger partial charge in [-0.1, -0.05) is 0 Å². The summed E-state index contributed by atoms with van der Waals surface area (Å²) in [5.41, 5.74) is -0.113. The van der Waals surface area contributed by atoms with Crippen molar-refractivity contribution in [2.45, 2.75) is 19.4 Å². The maximum absolute atomic E-state index is 12.3. The van der Waals surface area contributed by atoms with Gasteiger partial charge >= 0.3 is 0 Å². The second-order valence-electron chi connectivity index (χ2n) is 4.68. The molecule has 1 aliphatic carbocycles. The van der Waals surface area contributed by atoms with E-state index in [9.17, 15) is 4.79 Å². The van der Waals surface area contributed by atoms with Gasteiger partial charge in [-0.05, 0) is 48.0 Å². The Morgan fingerprint density at radius 1 is 1.59 bits per heavy atom. The van der Waals surface area contributed by atoms with Crippen molar-refractivity contribution in [3.63, 3.8) is 0 Å². The molecule has 2 rings (SSSR count). The molecular weight excluding hydrogens is 300 g/mol. The van der Waals surface area contributed by atoms with Crippen LogP contribution in [0, 0.1) is 5.41 Å². The third-order valence-corrected chi connectivity index (χ3v) is 4.80. The van der Waals surface area contributed by atoms with Gasteiger partial charge in [0.05, 0.1) is 15.7 Å². The van der Waals surface area contributed by atoms with Gasteiger partial charge in [0.2, 0.25) is 5.91 Å². The van der Waals surface area contributed by atoms with Crippen LogP contribution in [0.5, 0.6) is 0 Å². The molecule has 1 aromatic heterocycles. The highest BCUT2D eigenvalue weighted by molar-refractivity contribution is 9.11. The molecule has 0 aliphatic heterocycles. The summed E-state index contributed by atoms with van der Waals surface area (Å²) in [6.45, 7) is 1.50. The number of nitrogens with zero attached hydrogens (tertiary/aromatic N) is 1. The molecule has 5 heteroatoms. The van der Waals surface area contributed by atoms with Gasteiger partial charge in [-0.2, -0.15) is 0 Å². The lowest BCUT2D eigenvalue weighted by Gasteiger charge is -2.22. The summed E-state index contributed by atoms with van der Waals surface area (Å²) in [7, 11) is 3.80. The van der Waals surface area contributed by atoms with Crippen LogP contribution in [-0.2, 0) is 11.3 Å². The number of amides is 1. The van der Waals surface area contributed by atoms with Crippen molar-refractivity contribution in [2.24, 2.45) is 5.41 Å². The van der Waals surface area contributed by atoms with Gasteiger partial charge in [-0.3, -0.25) is 4.79 Å². The molecule has 1 saturated carbocycles. The Labute approximate surface area is 114 Å². The van der Waals surface area contributed by atoms with Crippen molar-refractivity contribution in [1.29, 1.82) is 0 Å². The predicted molar refractivity (Wildman–Crippen MR) is 74.1 cm³/mol. The second kappa shape index (κ2) is 5.08. The zero-order chi connectivity index (χ0) is 12.5. The predicted octanol–water partition coefficient (Wildman–Crippen LogP) is 2.47. The van der Waals surface area contributed by atoms with E-state index in [1.54, 1.807) is 11.3 Å². The van der Waals surface area contributed by atoms with Crippen molar-refractivity contribution in [3.8, 4) is 0 Å². The Morgan fingerprint density at radius 2 is 2.29 bits per heavy atom. The van der Waals surface area contributed by atoms with Crippen molar-refractivity contribution in [3.05, 3.63) is 20.8 Å². The summed E-state index contributed by atoms with van der Waals surface area (Å²) < 4.78 is 1.12. The standard InChI is InChI=1S/C12H17BrN2OS/c1-14-8-12(5-6-12)11(16)15(2)7-9-3-4-10(13)17-9/h3-4,14H,5-8H2,1-2H3. The van der Waals surface area contributed by atoms with Crippen LogP contribution >= 0.6 is 27.3 Å². The average molecular weight is 317 g/mol. The van der Waals surface area contributed by atoms with Gasteiger partial charge in [0.25, 0.3) is 0 Å². The first-order chi connectivity index (χ1) is 8.07. The molecule has 1 fully saturated rings. The molecule has 1 amide bonds. The van der Waals surface area contributed by atoms with E-state index in [0.717, 1.165) is 23.2 Å². The van der Waals surface area contributed by atoms with Crippen LogP contribution in [0.4, 0.5) is 0 Å². The molecule has 1 heterocycles. The van der Waals surface area contributed by atoms with Crippen molar-refractivity contribution >= 4 is 33.2 Å². The second-order valence-corrected chi connectivity index (χ2v) is 7.23.